The Morgan fingerprint density at radius 1 is 1.00 bits per heavy atom. The van der Waals surface area contributed by atoms with Gasteiger partial charge >= 0.3 is 0 Å². The fourth-order valence-corrected chi connectivity index (χ4v) is 4.98. The highest BCUT2D eigenvalue weighted by Crippen LogP contribution is 2.24. The summed E-state index contributed by atoms with van der Waals surface area (Å²) in [7, 11) is -4.04. The van der Waals surface area contributed by atoms with Crippen LogP contribution in [0.1, 0.15) is 18.1 Å². The lowest BCUT2D eigenvalue weighted by Gasteiger charge is -2.33. The number of hydrogen-bond acceptors (Lipinski definition) is 6. The van der Waals surface area contributed by atoms with Crippen molar-refractivity contribution < 1.29 is 22.9 Å². The number of sulfonamides is 1. The van der Waals surface area contributed by atoms with Gasteiger partial charge in [-0.1, -0.05) is 60.1 Å². The van der Waals surface area contributed by atoms with Crippen LogP contribution in [0.4, 0.5) is 11.4 Å². The minimum atomic E-state index is -4.04. The quantitative estimate of drug-likeness (QED) is 0.260. The molecule has 206 valence electrons. The van der Waals surface area contributed by atoms with E-state index in [1.54, 1.807) is 31.2 Å². The maximum Gasteiger partial charge on any atom is 0.271 e. The van der Waals surface area contributed by atoms with Gasteiger partial charge in [0.15, 0.2) is 0 Å². The number of rotatable bonds is 12. The van der Waals surface area contributed by atoms with Crippen LogP contribution in [0.3, 0.4) is 0 Å². The topological polar surface area (TPSA) is 130 Å². The van der Waals surface area contributed by atoms with E-state index < -0.39 is 39.3 Å². The summed E-state index contributed by atoms with van der Waals surface area (Å²) in [5.41, 5.74) is 1.12. The Labute approximate surface area is 232 Å². The molecule has 0 saturated heterocycles. The number of nitrogens with one attached hydrogen (secondary N) is 1. The number of nitro groups is 1. The standard InChI is InChI=1S/C27H29ClN4O6S/c1-3-29-27(34)25(16-20-8-5-4-6-9-20)30(18-21-12-14-22(28)15-13-21)26(33)19-31(39(2,37)38)23-10-7-11-24(17-23)32(35)36/h4-15,17,25H,3,16,18-19H2,1-2H3,(H,29,34). The molecule has 1 atom stereocenters. The van der Waals surface area contributed by atoms with E-state index in [1.807, 2.05) is 30.3 Å². The molecule has 1 unspecified atom stereocenters. The summed E-state index contributed by atoms with van der Waals surface area (Å²) in [6, 6.07) is 20.0. The highest BCUT2D eigenvalue weighted by Gasteiger charge is 2.33. The van der Waals surface area contributed by atoms with Gasteiger partial charge in [0.25, 0.3) is 5.69 Å². The van der Waals surface area contributed by atoms with Crippen LogP contribution < -0.4 is 9.62 Å². The zero-order chi connectivity index (χ0) is 28.6. The number of halogens is 1. The lowest BCUT2D eigenvalue weighted by Crippen LogP contribution is -2.53. The van der Waals surface area contributed by atoms with Crippen molar-refractivity contribution in [3.05, 3.63) is 105 Å². The third kappa shape index (κ3) is 8.26. The summed E-state index contributed by atoms with van der Waals surface area (Å²) in [5, 5.41) is 14.6. The molecule has 0 saturated carbocycles. The molecule has 3 aromatic carbocycles. The molecule has 0 fully saturated rings. The summed E-state index contributed by atoms with van der Waals surface area (Å²) in [5.74, 6) is -1.06. The lowest BCUT2D eigenvalue weighted by molar-refractivity contribution is -0.384. The predicted octanol–water partition coefficient (Wildman–Crippen LogP) is 3.79. The molecule has 0 spiro atoms. The summed E-state index contributed by atoms with van der Waals surface area (Å²) < 4.78 is 26.3. The molecule has 0 bridgehead atoms. The summed E-state index contributed by atoms with van der Waals surface area (Å²) >= 11 is 6.03. The van der Waals surface area contributed by atoms with Crippen molar-refractivity contribution in [2.45, 2.75) is 25.9 Å². The van der Waals surface area contributed by atoms with E-state index in [4.69, 9.17) is 11.6 Å². The highest BCUT2D eigenvalue weighted by molar-refractivity contribution is 7.92. The molecule has 2 amide bonds. The second-order valence-corrected chi connectivity index (χ2v) is 11.1. The Hall–Kier alpha value is -3.96. The van der Waals surface area contributed by atoms with Gasteiger partial charge in [-0.15, -0.1) is 0 Å². The molecule has 0 aliphatic heterocycles. The number of likely N-dealkylation sites (N-methyl/N-ethyl adjacent to an activating group) is 1. The third-order valence-corrected chi connectivity index (χ3v) is 7.29. The van der Waals surface area contributed by atoms with E-state index >= 15 is 0 Å². The largest absolute Gasteiger partial charge is 0.355 e. The minimum absolute atomic E-state index is 0.00280. The molecular formula is C27H29ClN4O6S. The van der Waals surface area contributed by atoms with Gasteiger partial charge in [-0.3, -0.25) is 24.0 Å². The number of hydrogen-bond donors (Lipinski definition) is 1. The lowest BCUT2D eigenvalue weighted by atomic mass is 10.0. The Balaban J connectivity index is 2.05. The Kier molecular flexibility index (Phi) is 10.0. The van der Waals surface area contributed by atoms with Crippen LogP contribution in [-0.2, 0) is 32.6 Å². The second-order valence-electron chi connectivity index (χ2n) is 8.79. The maximum absolute atomic E-state index is 13.9. The molecule has 3 rings (SSSR count). The second kappa shape index (κ2) is 13.2. The first-order chi connectivity index (χ1) is 18.5. The van der Waals surface area contributed by atoms with Crippen molar-refractivity contribution in [2.24, 2.45) is 0 Å². The fourth-order valence-electron chi connectivity index (χ4n) is 4.01. The van der Waals surface area contributed by atoms with E-state index in [-0.39, 0.29) is 24.3 Å². The maximum atomic E-state index is 13.9. The van der Waals surface area contributed by atoms with Gasteiger partial charge in [0.1, 0.15) is 12.6 Å². The van der Waals surface area contributed by atoms with Gasteiger partial charge in [-0.25, -0.2) is 8.42 Å². The predicted molar refractivity (Wildman–Crippen MR) is 150 cm³/mol. The van der Waals surface area contributed by atoms with Gasteiger partial charge in [0.2, 0.25) is 21.8 Å². The van der Waals surface area contributed by atoms with E-state index in [0.717, 1.165) is 22.2 Å². The molecule has 12 heteroatoms. The van der Waals surface area contributed by atoms with Gasteiger partial charge < -0.3 is 10.2 Å². The third-order valence-electron chi connectivity index (χ3n) is 5.90. The number of carbonyl (C=O) groups excluding carboxylic acids is 2. The van der Waals surface area contributed by atoms with Crippen molar-refractivity contribution >= 4 is 44.8 Å². The van der Waals surface area contributed by atoms with Gasteiger partial charge in [-0.2, -0.15) is 0 Å². The van der Waals surface area contributed by atoms with Crippen molar-refractivity contribution in [3.63, 3.8) is 0 Å². The molecule has 0 aliphatic rings. The van der Waals surface area contributed by atoms with Gasteiger partial charge in [-0.05, 0) is 36.2 Å². The van der Waals surface area contributed by atoms with E-state index in [2.05, 4.69) is 5.32 Å². The Morgan fingerprint density at radius 3 is 2.26 bits per heavy atom. The monoisotopic (exact) mass is 572 g/mol. The molecule has 3 aromatic rings. The first-order valence-electron chi connectivity index (χ1n) is 12.1. The molecule has 1 N–H and O–H groups in total. The average Bonchev–Trinajstić information content (AvgIpc) is 2.90. The van der Waals surface area contributed by atoms with Gasteiger partial charge in [0, 0.05) is 36.7 Å². The normalized spacial score (nSPS) is 11.9. The SMILES string of the molecule is CCNC(=O)C(Cc1ccccc1)N(Cc1ccc(Cl)cc1)C(=O)CN(c1cccc([N+](=O)[O-])c1)S(C)(=O)=O. The molecule has 0 radical (unpaired) electrons. The number of carbonyl (C=O) groups is 2. The Bertz CT molecular complexity index is 1420. The Morgan fingerprint density at radius 2 is 1.67 bits per heavy atom. The van der Waals surface area contributed by atoms with Crippen molar-refractivity contribution in [3.8, 4) is 0 Å². The first kappa shape index (κ1) is 29.6. The number of anilines is 1. The molecule has 0 aromatic heterocycles. The average molecular weight is 573 g/mol. The van der Waals surface area contributed by atoms with Crippen LogP contribution >= 0.6 is 11.6 Å². The van der Waals surface area contributed by atoms with Crippen molar-refractivity contribution in [1.29, 1.82) is 0 Å². The smallest absolute Gasteiger partial charge is 0.271 e. The summed E-state index contributed by atoms with van der Waals surface area (Å²) in [6.07, 6.45) is 1.09. The zero-order valence-corrected chi connectivity index (χ0v) is 23.1. The number of nitro benzene ring substituents is 1. The molecular weight excluding hydrogens is 544 g/mol. The molecule has 0 aliphatic carbocycles. The number of benzene rings is 3. The number of nitrogens with zero attached hydrogens (tertiary/aromatic N) is 3. The van der Waals surface area contributed by atoms with E-state index in [0.29, 0.717) is 17.1 Å². The van der Waals surface area contributed by atoms with Crippen LogP contribution in [0.15, 0.2) is 78.9 Å². The van der Waals surface area contributed by atoms with Gasteiger partial charge in [0.05, 0.1) is 16.9 Å². The first-order valence-corrected chi connectivity index (χ1v) is 14.3. The van der Waals surface area contributed by atoms with Crippen molar-refractivity contribution in [1.82, 2.24) is 10.2 Å². The molecule has 0 heterocycles. The number of non-ortho nitro benzene ring substituents is 1. The van der Waals surface area contributed by atoms with Crippen molar-refractivity contribution in [2.75, 3.05) is 23.7 Å². The van der Waals surface area contributed by atoms with Crippen LogP contribution in [-0.4, -0.2) is 55.4 Å². The van der Waals surface area contributed by atoms with E-state index in [1.165, 1.54) is 23.1 Å². The van der Waals surface area contributed by atoms with Crippen LogP contribution in [0, 0.1) is 10.1 Å². The fraction of sp³-hybridized carbons (Fsp3) is 0.259. The summed E-state index contributed by atoms with van der Waals surface area (Å²) in [6.45, 7) is 1.42. The van der Waals surface area contributed by atoms with E-state index in [9.17, 15) is 28.1 Å². The summed E-state index contributed by atoms with van der Waals surface area (Å²) in [4.78, 5) is 39.1. The van der Waals surface area contributed by atoms with Crippen LogP contribution in [0.25, 0.3) is 0 Å². The van der Waals surface area contributed by atoms with Crippen LogP contribution in [0.2, 0.25) is 5.02 Å². The molecule has 10 nitrogen and oxygen atoms in total. The van der Waals surface area contributed by atoms with Crippen LogP contribution in [0.5, 0.6) is 0 Å². The minimum Gasteiger partial charge on any atom is -0.355 e. The zero-order valence-electron chi connectivity index (χ0n) is 21.5. The number of amides is 2. The molecule has 39 heavy (non-hydrogen) atoms. The highest BCUT2D eigenvalue weighted by atomic mass is 35.5.